The maximum Gasteiger partial charge on any atom is 0.407 e. The Balaban J connectivity index is 1.59. The number of alkyl carbamates (subject to hydrolysis) is 1. The van der Waals surface area contributed by atoms with Gasteiger partial charge in [-0.3, -0.25) is 14.5 Å². The van der Waals surface area contributed by atoms with Crippen LogP contribution in [0.4, 0.5) is 4.79 Å². The van der Waals surface area contributed by atoms with Crippen molar-refractivity contribution in [3.8, 4) is 0 Å². The van der Waals surface area contributed by atoms with Crippen molar-refractivity contribution in [3.63, 3.8) is 0 Å². The van der Waals surface area contributed by atoms with Gasteiger partial charge < -0.3 is 14.5 Å². The average molecular weight is 420 g/mol. The molecule has 0 saturated carbocycles. The molecule has 4 rings (SSSR count). The van der Waals surface area contributed by atoms with Gasteiger partial charge in [0.25, 0.3) is 11.8 Å². The molecule has 3 amide bonds. The van der Waals surface area contributed by atoms with Crippen molar-refractivity contribution in [2.75, 3.05) is 6.54 Å². The first kappa shape index (κ1) is 20.7. The molecule has 31 heavy (non-hydrogen) atoms. The Morgan fingerprint density at radius 1 is 1.03 bits per heavy atom. The van der Waals surface area contributed by atoms with E-state index in [4.69, 9.17) is 9.15 Å². The summed E-state index contributed by atoms with van der Waals surface area (Å²) in [5.41, 5.74) is 1.67. The molecular formula is C24H24N2O5. The van der Waals surface area contributed by atoms with Crippen LogP contribution in [0.2, 0.25) is 0 Å². The Labute approximate surface area is 180 Å². The van der Waals surface area contributed by atoms with Crippen molar-refractivity contribution in [1.82, 2.24) is 10.2 Å². The summed E-state index contributed by atoms with van der Waals surface area (Å²) in [5, 5.41) is 3.74. The van der Waals surface area contributed by atoms with Gasteiger partial charge in [0, 0.05) is 10.9 Å². The molecule has 1 aliphatic rings. The van der Waals surface area contributed by atoms with Crippen molar-refractivity contribution in [2.24, 2.45) is 0 Å². The first-order valence-corrected chi connectivity index (χ1v) is 10.1. The van der Waals surface area contributed by atoms with Gasteiger partial charge in [-0.25, -0.2) is 4.79 Å². The summed E-state index contributed by atoms with van der Waals surface area (Å²) in [5.74, 6) is -0.734. The zero-order chi connectivity index (χ0) is 22.2. The van der Waals surface area contributed by atoms with E-state index in [2.05, 4.69) is 5.32 Å². The minimum atomic E-state index is -0.674. The molecule has 1 N–H and O–H groups in total. The highest BCUT2D eigenvalue weighted by Gasteiger charge is 2.37. The second-order valence-electron chi connectivity index (χ2n) is 8.57. The Bertz CT molecular complexity index is 1120. The zero-order valence-electron chi connectivity index (χ0n) is 17.7. The summed E-state index contributed by atoms with van der Waals surface area (Å²) in [6.07, 6.45) is 1.39. The highest BCUT2D eigenvalue weighted by atomic mass is 16.6. The molecule has 1 unspecified atom stereocenters. The molecule has 0 saturated heterocycles. The Morgan fingerprint density at radius 2 is 1.65 bits per heavy atom. The first-order valence-electron chi connectivity index (χ1n) is 10.1. The number of carbonyl (C=O) groups is 3. The molecule has 0 aliphatic carbocycles. The maximum atomic E-state index is 12.8. The molecule has 1 aliphatic heterocycles. The number of fused-ring (bicyclic) bond motifs is 2. The van der Waals surface area contributed by atoms with Gasteiger partial charge in [0.2, 0.25) is 0 Å². The molecule has 2 heterocycles. The molecule has 0 radical (unpaired) electrons. The predicted octanol–water partition coefficient (Wildman–Crippen LogP) is 4.16. The summed E-state index contributed by atoms with van der Waals surface area (Å²) < 4.78 is 11.0. The zero-order valence-corrected chi connectivity index (χ0v) is 17.7. The van der Waals surface area contributed by atoms with E-state index < -0.39 is 17.7 Å². The highest BCUT2D eigenvalue weighted by Crippen LogP contribution is 2.25. The van der Waals surface area contributed by atoms with E-state index in [9.17, 15) is 14.4 Å². The van der Waals surface area contributed by atoms with Crippen LogP contribution in [-0.4, -0.2) is 41.0 Å². The largest absolute Gasteiger partial charge is 0.464 e. The van der Waals surface area contributed by atoms with Crippen molar-refractivity contribution in [2.45, 2.75) is 38.8 Å². The van der Waals surface area contributed by atoms with Crippen LogP contribution < -0.4 is 5.32 Å². The van der Waals surface area contributed by atoms with Crippen molar-refractivity contribution in [1.29, 1.82) is 0 Å². The minimum absolute atomic E-state index is 0.0189. The van der Waals surface area contributed by atoms with Crippen LogP contribution in [0.3, 0.4) is 0 Å². The molecular weight excluding hydrogens is 396 g/mol. The third kappa shape index (κ3) is 4.30. The van der Waals surface area contributed by atoms with E-state index in [-0.39, 0.29) is 18.4 Å². The van der Waals surface area contributed by atoms with Crippen LogP contribution in [0.25, 0.3) is 11.0 Å². The lowest BCUT2D eigenvalue weighted by molar-refractivity contribution is 0.0468. The van der Waals surface area contributed by atoms with E-state index in [1.165, 1.54) is 4.90 Å². The number of carbonyl (C=O) groups excluding carboxylic acids is 3. The van der Waals surface area contributed by atoms with Crippen LogP contribution in [0, 0.1) is 0 Å². The quantitative estimate of drug-likeness (QED) is 0.626. The smallest absolute Gasteiger partial charge is 0.407 e. The standard InChI is InChI=1S/C24H24N2O5/c1-24(2,3)31-23(29)25-16(12-15-14-30-20-11-7-6-8-17(15)20)13-26-21(27)18-9-4-5-10-19(18)22(26)28/h4-11,14,16H,12-13H2,1-3H3,(H,25,29). The lowest BCUT2D eigenvalue weighted by atomic mass is 10.0. The van der Waals surface area contributed by atoms with Crippen LogP contribution in [-0.2, 0) is 11.2 Å². The molecule has 0 fully saturated rings. The number of para-hydroxylation sites is 1. The summed E-state index contributed by atoms with van der Waals surface area (Å²) in [7, 11) is 0. The fourth-order valence-electron chi connectivity index (χ4n) is 3.72. The topological polar surface area (TPSA) is 88.8 Å². The van der Waals surface area contributed by atoms with Crippen molar-refractivity contribution >= 4 is 28.9 Å². The number of amides is 3. The van der Waals surface area contributed by atoms with E-state index in [0.29, 0.717) is 17.5 Å². The number of ether oxygens (including phenoxy) is 1. The number of hydrogen-bond acceptors (Lipinski definition) is 5. The molecule has 0 spiro atoms. The first-order chi connectivity index (χ1) is 14.7. The Morgan fingerprint density at radius 3 is 2.29 bits per heavy atom. The molecule has 7 nitrogen and oxygen atoms in total. The van der Waals surface area contributed by atoms with Crippen molar-refractivity contribution in [3.05, 3.63) is 71.5 Å². The van der Waals surface area contributed by atoms with E-state index in [1.54, 1.807) is 51.3 Å². The molecule has 2 aromatic carbocycles. The Hall–Kier alpha value is -3.61. The van der Waals surface area contributed by atoms with Gasteiger partial charge in [0.15, 0.2) is 0 Å². The second kappa shape index (κ2) is 7.91. The fraction of sp³-hybridized carbons (Fsp3) is 0.292. The van der Waals surface area contributed by atoms with E-state index in [1.807, 2.05) is 24.3 Å². The third-order valence-corrected chi connectivity index (χ3v) is 5.03. The van der Waals surface area contributed by atoms with Crippen molar-refractivity contribution < 1.29 is 23.5 Å². The average Bonchev–Trinajstić information content (AvgIpc) is 3.22. The molecule has 1 atom stereocenters. The van der Waals surface area contributed by atoms with Gasteiger partial charge in [-0.1, -0.05) is 30.3 Å². The number of rotatable bonds is 5. The van der Waals surface area contributed by atoms with Gasteiger partial charge in [0.1, 0.15) is 11.2 Å². The normalized spacial score (nSPS) is 14.6. The number of nitrogens with one attached hydrogen (secondary N) is 1. The fourth-order valence-corrected chi connectivity index (χ4v) is 3.72. The van der Waals surface area contributed by atoms with Gasteiger partial charge in [-0.2, -0.15) is 0 Å². The maximum absolute atomic E-state index is 12.8. The summed E-state index contributed by atoms with van der Waals surface area (Å²) in [4.78, 5) is 39.3. The number of imide groups is 1. The van der Waals surface area contributed by atoms with E-state index in [0.717, 1.165) is 16.5 Å². The molecule has 160 valence electrons. The number of nitrogens with zero attached hydrogens (tertiary/aromatic N) is 1. The molecule has 0 bridgehead atoms. The molecule has 1 aromatic heterocycles. The number of furan rings is 1. The lowest BCUT2D eigenvalue weighted by Crippen LogP contribution is -2.48. The van der Waals surface area contributed by atoms with Gasteiger partial charge in [-0.15, -0.1) is 0 Å². The van der Waals surface area contributed by atoms with Gasteiger partial charge >= 0.3 is 6.09 Å². The number of benzene rings is 2. The SMILES string of the molecule is CC(C)(C)OC(=O)NC(Cc1coc2ccccc12)CN1C(=O)c2ccccc2C1=O. The minimum Gasteiger partial charge on any atom is -0.464 e. The monoisotopic (exact) mass is 420 g/mol. The molecule has 7 heteroatoms. The van der Waals surface area contributed by atoms with Crippen LogP contribution >= 0.6 is 0 Å². The van der Waals surface area contributed by atoms with Gasteiger partial charge in [0.05, 0.1) is 30.0 Å². The van der Waals surface area contributed by atoms with Crippen LogP contribution in [0.5, 0.6) is 0 Å². The Kier molecular flexibility index (Phi) is 5.27. The summed E-state index contributed by atoms with van der Waals surface area (Å²) in [6.45, 7) is 5.34. The summed E-state index contributed by atoms with van der Waals surface area (Å²) in [6, 6.07) is 13.7. The highest BCUT2D eigenvalue weighted by molar-refractivity contribution is 6.21. The number of hydrogen-bond donors (Lipinski definition) is 1. The third-order valence-electron chi connectivity index (χ3n) is 5.03. The second-order valence-corrected chi connectivity index (χ2v) is 8.57. The van der Waals surface area contributed by atoms with E-state index >= 15 is 0 Å². The van der Waals surface area contributed by atoms with Crippen LogP contribution in [0.15, 0.2) is 59.2 Å². The molecule has 3 aromatic rings. The predicted molar refractivity (Wildman–Crippen MR) is 115 cm³/mol. The lowest BCUT2D eigenvalue weighted by Gasteiger charge is -2.26. The van der Waals surface area contributed by atoms with Gasteiger partial charge in [-0.05, 0) is 45.4 Å². The van der Waals surface area contributed by atoms with Crippen LogP contribution in [0.1, 0.15) is 47.1 Å². The summed E-state index contributed by atoms with van der Waals surface area (Å²) >= 11 is 0.